The van der Waals surface area contributed by atoms with Crippen molar-refractivity contribution >= 4 is 10.0 Å². The number of alkyl halides is 3. The Labute approximate surface area is 149 Å². The van der Waals surface area contributed by atoms with Crippen LogP contribution in [0.4, 0.5) is 13.2 Å². The number of hydroxylamine groups is 2. The molecule has 0 radical (unpaired) electrons. The van der Waals surface area contributed by atoms with Crippen molar-refractivity contribution in [1.29, 1.82) is 0 Å². The van der Waals surface area contributed by atoms with Gasteiger partial charge in [-0.05, 0) is 23.8 Å². The van der Waals surface area contributed by atoms with Crippen LogP contribution in [0.3, 0.4) is 0 Å². The number of benzene rings is 1. The summed E-state index contributed by atoms with van der Waals surface area (Å²) >= 11 is 0. The minimum Gasteiger partial charge on any atom is -0.364 e. The van der Waals surface area contributed by atoms with Gasteiger partial charge in [-0.2, -0.15) is 18.2 Å². The molecule has 0 amide bonds. The van der Waals surface area contributed by atoms with Crippen molar-refractivity contribution in [3.63, 3.8) is 0 Å². The van der Waals surface area contributed by atoms with Crippen LogP contribution in [0.1, 0.15) is 22.9 Å². The van der Waals surface area contributed by atoms with E-state index in [1.165, 1.54) is 17.2 Å². The highest BCUT2D eigenvalue weighted by atomic mass is 32.2. The van der Waals surface area contributed by atoms with E-state index in [0.29, 0.717) is 5.69 Å². The first-order chi connectivity index (χ1) is 12.2. The Morgan fingerprint density at radius 3 is 2.73 bits per heavy atom. The molecule has 2 unspecified atom stereocenters. The second-order valence-electron chi connectivity index (χ2n) is 6.01. The Morgan fingerprint density at radius 2 is 2.08 bits per heavy atom. The second kappa shape index (κ2) is 7.03. The van der Waals surface area contributed by atoms with E-state index in [2.05, 4.69) is 9.71 Å². The van der Waals surface area contributed by atoms with E-state index in [-0.39, 0.29) is 18.7 Å². The van der Waals surface area contributed by atoms with Gasteiger partial charge < -0.3 is 4.98 Å². The summed E-state index contributed by atoms with van der Waals surface area (Å²) in [6.07, 6.45) is -2.79. The van der Waals surface area contributed by atoms with Crippen LogP contribution in [0.5, 0.6) is 0 Å². The first-order valence-electron chi connectivity index (χ1n) is 7.82. The average Bonchev–Trinajstić information content (AvgIpc) is 3.22. The number of nitrogens with one attached hydrogen (secondary N) is 2. The molecule has 0 aliphatic carbocycles. The lowest BCUT2D eigenvalue weighted by molar-refractivity contribution is -0.137. The van der Waals surface area contributed by atoms with E-state index in [1.54, 1.807) is 25.4 Å². The molecule has 1 fully saturated rings. The Hall–Kier alpha value is -1.88. The van der Waals surface area contributed by atoms with E-state index < -0.39 is 33.1 Å². The third kappa shape index (κ3) is 3.93. The van der Waals surface area contributed by atoms with Gasteiger partial charge in [-0.1, -0.05) is 18.2 Å². The Bertz CT molecular complexity index is 853. The summed E-state index contributed by atoms with van der Waals surface area (Å²) in [4.78, 5) is 8.32. The molecule has 3 rings (SSSR count). The van der Waals surface area contributed by atoms with Crippen LogP contribution in [0, 0.1) is 0 Å². The normalized spacial score (nSPS) is 22.0. The molecule has 2 aromatic rings. The van der Waals surface area contributed by atoms with Crippen LogP contribution in [0.25, 0.3) is 0 Å². The van der Waals surface area contributed by atoms with Crippen LogP contribution < -0.4 is 4.72 Å². The number of aromatic nitrogens is 1. The van der Waals surface area contributed by atoms with Crippen molar-refractivity contribution in [2.45, 2.75) is 24.0 Å². The summed E-state index contributed by atoms with van der Waals surface area (Å²) in [6, 6.07) is 7.54. The molecule has 1 aliphatic rings. The van der Waals surface area contributed by atoms with Crippen molar-refractivity contribution in [3.8, 4) is 0 Å². The largest absolute Gasteiger partial charge is 0.416 e. The van der Waals surface area contributed by atoms with E-state index >= 15 is 0 Å². The van der Waals surface area contributed by atoms with E-state index in [1.807, 2.05) is 0 Å². The molecule has 26 heavy (non-hydrogen) atoms. The van der Waals surface area contributed by atoms with Crippen LogP contribution in [0.15, 0.2) is 42.6 Å². The maximum absolute atomic E-state index is 12.8. The maximum Gasteiger partial charge on any atom is 0.416 e. The second-order valence-corrected chi connectivity index (χ2v) is 8.00. The molecule has 0 spiro atoms. The minimum absolute atomic E-state index is 0.0435. The summed E-state index contributed by atoms with van der Waals surface area (Å²) in [7, 11) is -2.20. The van der Waals surface area contributed by atoms with Gasteiger partial charge in [-0.15, -0.1) is 0 Å². The van der Waals surface area contributed by atoms with Crippen LogP contribution in [-0.4, -0.2) is 37.4 Å². The lowest BCUT2D eigenvalue weighted by atomic mass is 10.1. The molecule has 6 nitrogen and oxygen atoms in total. The summed E-state index contributed by atoms with van der Waals surface area (Å²) in [6.45, 7) is -0.276. The third-order valence-electron chi connectivity index (χ3n) is 4.26. The van der Waals surface area contributed by atoms with Crippen molar-refractivity contribution in [3.05, 3.63) is 59.4 Å². The Kier molecular flexibility index (Phi) is 5.11. The fraction of sp³-hybridized carbons (Fsp3) is 0.375. The Morgan fingerprint density at radius 1 is 1.31 bits per heavy atom. The molecule has 1 aromatic carbocycles. The predicted octanol–water partition coefficient (Wildman–Crippen LogP) is 2.44. The molecular weight excluding hydrogens is 371 g/mol. The van der Waals surface area contributed by atoms with Crippen molar-refractivity contribution < 1.29 is 26.4 Å². The van der Waals surface area contributed by atoms with E-state index in [0.717, 1.165) is 12.1 Å². The van der Waals surface area contributed by atoms with Crippen LogP contribution in [-0.2, 0) is 27.6 Å². The third-order valence-corrected chi connectivity index (χ3v) is 6.00. The number of sulfonamides is 1. The maximum atomic E-state index is 12.8. The Balaban J connectivity index is 1.75. The molecule has 10 heteroatoms. The van der Waals surface area contributed by atoms with Crippen molar-refractivity contribution in [2.75, 3.05) is 13.7 Å². The fourth-order valence-electron chi connectivity index (χ4n) is 2.93. The number of aromatic amines is 1. The van der Waals surface area contributed by atoms with E-state index in [9.17, 15) is 21.6 Å². The molecule has 0 saturated carbocycles. The number of hydrogen-bond donors (Lipinski definition) is 2. The zero-order chi connectivity index (χ0) is 18.9. The smallest absolute Gasteiger partial charge is 0.364 e. The standard InChI is InChI=1S/C16H18F3N3O3S/c1-22-15(13-6-3-7-20-13)14(10-25-22)26(23,24)21-9-11-4-2-5-12(8-11)16(17,18)19/h2-8,14-15,20-21H,9-10H2,1H3. The van der Waals surface area contributed by atoms with E-state index in [4.69, 9.17) is 4.84 Å². The fourth-order valence-corrected chi connectivity index (χ4v) is 4.41. The molecular formula is C16H18F3N3O3S. The summed E-state index contributed by atoms with van der Waals surface area (Å²) < 4.78 is 66.1. The minimum atomic E-state index is -4.48. The number of halogens is 3. The quantitative estimate of drug-likeness (QED) is 0.824. The van der Waals surface area contributed by atoms with Gasteiger partial charge in [0.2, 0.25) is 10.0 Å². The number of rotatable bonds is 5. The number of nitrogens with zero attached hydrogens (tertiary/aromatic N) is 1. The first kappa shape index (κ1) is 18.9. The zero-order valence-electron chi connectivity index (χ0n) is 13.8. The lowest BCUT2D eigenvalue weighted by Crippen LogP contribution is -2.39. The topological polar surface area (TPSA) is 74.4 Å². The van der Waals surface area contributed by atoms with Gasteiger partial charge in [0, 0.05) is 25.5 Å². The highest BCUT2D eigenvalue weighted by molar-refractivity contribution is 7.90. The lowest BCUT2D eigenvalue weighted by Gasteiger charge is -2.21. The van der Waals surface area contributed by atoms with Crippen LogP contribution in [0.2, 0.25) is 0 Å². The predicted molar refractivity (Wildman–Crippen MR) is 88.2 cm³/mol. The summed E-state index contributed by atoms with van der Waals surface area (Å²) in [5.74, 6) is 0. The van der Waals surface area contributed by atoms with Crippen molar-refractivity contribution in [2.24, 2.45) is 0 Å². The van der Waals surface area contributed by atoms with Gasteiger partial charge in [0.1, 0.15) is 5.25 Å². The highest BCUT2D eigenvalue weighted by Gasteiger charge is 2.43. The molecule has 1 saturated heterocycles. The average molecular weight is 389 g/mol. The van der Waals surface area contributed by atoms with Gasteiger partial charge in [-0.3, -0.25) is 4.84 Å². The number of hydrogen-bond acceptors (Lipinski definition) is 4. The highest BCUT2D eigenvalue weighted by Crippen LogP contribution is 2.32. The molecule has 2 heterocycles. The summed E-state index contributed by atoms with van der Waals surface area (Å²) in [5.41, 5.74) is 0.0916. The monoisotopic (exact) mass is 389 g/mol. The SMILES string of the molecule is CN1OCC(S(=O)(=O)NCc2cccc(C(F)(F)F)c2)C1c1ccc[nH]1. The molecule has 1 aliphatic heterocycles. The van der Waals surface area contributed by atoms with Crippen LogP contribution >= 0.6 is 0 Å². The zero-order valence-corrected chi connectivity index (χ0v) is 14.6. The van der Waals surface area contributed by atoms with Gasteiger partial charge in [0.05, 0.1) is 18.2 Å². The molecule has 142 valence electrons. The van der Waals surface area contributed by atoms with Crippen molar-refractivity contribution in [1.82, 2.24) is 14.8 Å². The van der Waals surface area contributed by atoms with Gasteiger partial charge >= 0.3 is 6.18 Å². The molecule has 2 N–H and O–H groups in total. The summed E-state index contributed by atoms with van der Waals surface area (Å²) in [5, 5.41) is 0.567. The number of H-pyrrole nitrogens is 1. The van der Waals surface area contributed by atoms with Gasteiger partial charge in [0.25, 0.3) is 0 Å². The molecule has 2 atom stereocenters. The van der Waals surface area contributed by atoms with Gasteiger partial charge in [0.15, 0.2) is 0 Å². The van der Waals surface area contributed by atoms with Gasteiger partial charge in [-0.25, -0.2) is 13.1 Å². The molecule has 1 aromatic heterocycles. The molecule has 0 bridgehead atoms. The first-order valence-corrected chi connectivity index (χ1v) is 9.37.